The van der Waals surface area contributed by atoms with Gasteiger partial charge in [-0.05, 0) is 29.3 Å². The lowest BCUT2D eigenvalue weighted by Gasteiger charge is -2.34. The molecule has 1 atom stereocenters. The van der Waals surface area contributed by atoms with Crippen LogP contribution in [0.5, 0.6) is 5.75 Å². The summed E-state index contributed by atoms with van der Waals surface area (Å²) in [5, 5.41) is 10.4. The number of aromatic nitrogens is 1. The van der Waals surface area contributed by atoms with Crippen LogP contribution in [0.4, 0.5) is 0 Å². The summed E-state index contributed by atoms with van der Waals surface area (Å²) in [5.41, 5.74) is 2.36. The number of carboxylic acid groups (broad SMARTS) is 1. The molecule has 0 saturated heterocycles. The monoisotopic (exact) mass is 348 g/mol. The van der Waals surface area contributed by atoms with Crippen molar-refractivity contribution in [3.05, 3.63) is 71.4 Å². The third-order valence-corrected chi connectivity index (χ3v) is 4.63. The zero-order valence-electron chi connectivity index (χ0n) is 14.0. The van der Waals surface area contributed by atoms with Gasteiger partial charge in [0.1, 0.15) is 11.3 Å². The highest BCUT2D eigenvalue weighted by Crippen LogP contribution is 2.40. The number of pyridine rings is 1. The summed E-state index contributed by atoms with van der Waals surface area (Å²) in [4.78, 5) is 30.9. The normalized spacial score (nSPS) is 16.0. The third-order valence-electron chi connectivity index (χ3n) is 4.63. The maximum absolute atomic E-state index is 13.1. The predicted molar refractivity (Wildman–Crippen MR) is 95.0 cm³/mol. The largest absolute Gasteiger partial charge is 0.494 e. The van der Waals surface area contributed by atoms with Gasteiger partial charge < -0.3 is 14.7 Å². The fourth-order valence-electron chi connectivity index (χ4n) is 3.49. The zero-order valence-corrected chi connectivity index (χ0v) is 14.0. The summed E-state index contributed by atoms with van der Waals surface area (Å²) in [7, 11) is 1.52. The van der Waals surface area contributed by atoms with Crippen molar-refractivity contribution >= 4 is 22.8 Å². The van der Waals surface area contributed by atoms with Crippen molar-refractivity contribution in [2.75, 3.05) is 7.11 Å². The molecule has 1 unspecified atom stereocenters. The van der Waals surface area contributed by atoms with E-state index in [0.717, 1.165) is 5.56 Å². The van der Waals surface area contributed by atoms with E-state index in [2.05, 4.69) is 4.98 Å². The molecule has 0 bridgehead atoms. The molecule has 0 saturated carbocycles. The minimum atomic E-state index is -1.08. The van der Waals surface area contributed by atoms with E-state index in [-0.39, 0.29) is 12.5 Å². The molecular formula is C20H16N2O4. The van der Waals surface area contributed by atoms with Crippen LogP contribution in [0.2, 0.25) is 0 Å². The number of rotatable bonds is 4. The van der Waals surface area contributed by atoms with Crippen molar-refractivity contribution in [3.8, 4) is 5.75 Å². The SMILES string of the molecule is COc1ccc2c3c(ccnc13)C(C(=O)O)N(Cc1ccccc1)C2=O. The maximum atomic E-state index is 13.1. The van der Waals surface area contributed by atoms with Crippen LogP contribution in [0.3, 0.4) is 0 Å². The van der Waals surface area contributed by atoms with Gasteiger partial charge in [-0.25, -0.2) is 4.79 Å². The number of methoxy groups -OCH3 is 1. The van der Waals surface area contributed by atoms with Crippen LogP contribution in [0.15, 0.2) is 54.7 Å². The number of carbonyl (C=O) groups is 2. The predicted octanol–water partition coefficient (Wildman–Crippen LogP) is 3.03. The molecule has 0 fully saturated rings. The van der Waals surface area contributed by atoms with E-state index in [9.17, 15) is 14.7 Å². The standard InChI is InChI=1S/C20H16N2O4/c1-26-15-8-7-14-16-13(9-10-21-17(15)16)18(20(24)25)22(19(14)23)11-12-5-3-2-4-6-12/h2-10,18H,11H2,1H3,(H,24,25). The van der Waals surface area contributed by atoms with Crippen molar-refractivity contribution in [1.82, 2.24) is 9.88 Å². The number of benzene rings is 2. The molecule has 3 aromatic rings. The lowest BCUT2D eigenvalue weighted by Crippen LogP contribution is -2.41. The summed E-state index contributed by atoms with van der Waals surface area (Å²) in [6.07, 6.45) is 1.55. The molecule has 130 valence electrons. The van der Waals surface area contributed by atoms with Gasteiger partial charge in [0.05, 0.1) is 7.11 Å². The van der Waals surface area contributed by atoms with Crippen molar-refractivity contribution in [2.24, 2.45) is 0 Å². The second-order valence-corrected chi connectivity index (χ2v) is 6.10. The van der Waals surface area contributed by atoms with Gasteiger partial charge >= 0.3 is 5.97 Å². The first kappa shape index (κ1) is 16.1. The average molecular weight is 348 g/mol. The lowest BCUT2D eigenvalue weighted by atomic mass is 9.91. The van der Waals surface area contributed by atoms with Crippen molar-refractivity contribution in [1.29, 1.82) is 0 Å². The van der Waals surface area contributed by atoms with Crippen molar-refractivity contribution < 1.29 is 19.4 Å². The van der Waals surface area contributed by atoms with E-state index in [1.54, 1.807) is 24.4 Å². The highest BCUT2D eigenvalue weighted by Gasteiger charge is 2.39. The van der Waals surface area contributed by atoms with Crippen LogP contribution >= 0.6 is 0 Å². The molecule has 4 rings (SSSR count). The summed E-state index contributed by atoms with van der Waals surface area (Å²) in [5.74, 6) is -0.885. The number of amides is 1. The van der Waals surface area contributed by atoms with Crippen LogP contribution in [-0.2, 0) is 11.3 Å². The zero-order chi connectivity index (χ0) is 18.3. The molecule has 1 aliphatic rings. The molecule has 0 radical (unpaired) electrons. The van der Waals surface area contributed by atoms with E-state index < -0.39 is 12.0 Å². The fourth-order valence-corrected chi connectivity index (χ4v) is 3.49. The molecule has 1 N–H and O–H groups in total. The number of hydrogen-bond donors (Lipinski definition) is 1. The first-order valence-corrected chi connectivity index (χ1v) is 8.15. The summed E-state index contributed by atoms with van der Waals surface area (Å²) in [6.45, 7) is 0.214. The number of nitrogens with zero attached hydrogens (tertiary/aromatic N) is 2. The number of carboxylic acids is 1. The quantitative estimate of drug-likeness (QED) is 0.784. The van der Waals surface area contributed by atoms with Crippen LogP contribution < -0.4 is 4.74 Å². The Morgan fingerprint density at radius 2 is 1.96 bits per heavy atom. The van der Waals surface area contributed by atoms with Crippen molar-refractivity contribution in [3.63, 3.8) is 0 Å². The number of carbonyl (C=O) groups excluding carboxylic acids is 1. The molecule has 26 heavy (non-hydrogen) atoms. The van der Waals surface area contributed by atoms with Gasteiger partial charge in [0.25, 0.3) is 5.91 Å². The van der Waals surface area contributed by atoms with E-state index in [0.29, 0.717) is 27.8 Å². The second-order valence-electron chi connectivity index (χ2n) is 6.10. The van der Waals surface area contributed by atoms with Gasteiger partial charge in [-0.3, -0.25) is 9.78 Å². The van der Waals surface area contributed by atoms with Gasteiger partial charge in [-0.2, -0.15) is 0 Å². The van der Waals surface area contributed by atoms with Crippen LogP contribution in [0.25, 0.3) is 10.9 Å². The summed E-state index contributed by atoms with van der Waals surface area (Å²) in [6, 6.07) is 13.3. The number of aliphatic carboxylic acids is 1. The highest BCUT2D eigenvalue weighted by atomic mass is 16.5. The topological polar surface area (TPSA) is 79.7 Å². The second kappa shape index (κ2) is 6.15. The Morgan fingerprint density at radius 1 is 1.19 bits per heavy atom. The average Bonchev–Trinajstić information content (AvgIpc) is 2.66. The molecule has 0 spiro atoms. The molecular weight excluding hydrogens is 332 g/mol. The molecule has 6 nitrogen and oxygen atoms in total. The Balaban J connectivity index is 1.92. The Kier molecular flexibility index (Phi) is 3.80. The van der Waals surface area contributed by atoms with Gasteiger partial charge in [0.2, 0.25) is 0 Å². The molecule has 1 amide bonds. The van der Waals surface area contributed by atoms with Crippen LogP contribution in [0.1, 0.15) is 27.5 Å². The van der Waals surface area contributed by atoms with Gasteiger partial charge in [0.15, 0.2) is 6.04 Å². The first-order valence-electron chi connectivity index (χ1n) is 8.15. The molecule has 2 aromatic carbocycles. The van der Waals surface area contributed by atoms with Gasteiger partial charge in [-0.1, -0.05) is 30.3 Å². The van der Waals surface area contributed by atoms with Crippen LogP contribution in [-0.4, -0.2) is 34.0 Å². The smallest absolute Gasteiger partial charge is 0.331 e. The molecule has 2 heterocycles. The molecule has 1 aliphatic heterocycles. The Hall–Kier alpha value is -3.41. The summed E-state index contributed by atoms with van der Waals surface area (Å²) >= 11 is 0. The van der Waals surface area contributed by atoms with E-state index in [1.165, 1.54) is 12.0 Å². The molecule has 0 aliphatic carbocycles. The first-order chi connectivity index (χ1) is 12.6. The van der Waals surface area contributed by atoms with Crippen molar-refractivity contribution in [2.45, 2.75) is 12.6 Å². The number of hydrogen-bond acceptors (Lipinski definition) is 4. The fraction of sp³-hybridized carbons (Fsp3) is 0.150. The van der Waals surface area contributed by atoms with Crippen LogP contribution in [0, 0.1) is 0 Å². The number of ether oxygens (including phenoxy) is 1. The Morgan fingerprint density at radius 3 is 2.65 bits per heavy atom. The third kappa shape index (κ3) is 2.38. The minimum Gasteiger partial charge on any atom is -0.494 e. The summed E-state index contributed by atoms with van der Waals surface area (Å²) < 4.78 is 5.32. The van der Waals surface area contributed by atoms with E-state index in [1.807, 2.05) is 30.3 Å². The van der Waals surface area contributed by atoms with Gasteiger partial charge in [0, 0.05) is 23.7 Å². The lowest BCUT2D eigenvalue weighted by molar-refractivity contribution is -0.142. The Bertz CT molecular complexity index is 1020. The van der Waals surface area contributed by atoms with Gasteiger partial charge in [-0.15, -0.1) is 0 Å². The van der Waals surface area contributed by atoms with E-state index in [4.69, 9.17) is 4.74 Å². The molecule has 1 aromatic heterocycles. The highest BCUT2D eigenvalue weighted by molar-refractivity contribution is 6.13. The van der Waals surface area contributed by atoms with E-state index >= 15 is 0 Å². The molecule has 6 heteroatoms. The maximum Gasteiger partial charge on any atom is 0.331 e. The minimum absolute atomic E-state index is 0.214. The Labute approximate surface area is 149 Å².